The van der Waals surface area contributed by atoms with Gasteiger partial charge in [0.2, 0.25) is 0 Å². The van der Waals surface area contributed by atoms with Crippen LogP contribution in [0.2, 0.25) is 0 Å². The maximum Gasteiger partial charge on any atom is 0.127 e. The lowest BCUT2D eigenvalue weighted by Crippen LogP contribution is -2.51. The van der Waals surface area contributed by atoms with Gasteiger partial charge in [0.1, 0.15) is 11.5 Å². The van der Waals surface area contributed by atoms with Crippen LogP contribution in [0.15, 0.2) is 77.4 Å². The van der Waals surface area contributed by atoms with Gasteiger partial charge < -0.3 is 14.6 Å². The molecule has 0 radical (unpaired) electrons. The predicted octanol–water partition coefficient (Wildman–Crippen LogP) is 9.10. The Balaban J connectivity index is 1.00. The van der Waals surface area contributed by atoms with Gasteiger partial charge in [-0.25, -0.2) is 0 Å². The normalized spacial score (nSPS) is 41.1. The van der Waals surface area contributed by atoms with Crippen LogP contribution in [0.3, 0.4) is 0 Å². The molecule has 0 aromatic heterocycles. The molecule has 0 bridgehead atoms. The Hall–Kier alpha value is -2.40. The summed E-state index contributed by atoms with van der Waals surface area (Å²) in [6.45, 7) is 12.1. The van der Waals surface area contributed by atoms with Crippen LogP contribution < -0.4 is 4.74 Å². The van der Waals surface area contributed by atoms with Gasteiger partial charge in [-0.2, -0.15) is 0 Å². The van der Waals surface area contributed by atoms with Crippen molar-refractivity contribution in [3.63, 3.8) is 0 Å². The third-order valence-corrected chi connectivity index (χ3v) is 13.6. The van der Waals surface area contributed by atoms with Gasteiger partial charge in [0, 0.05) is 25.0 Å². The van der Waals surface area contributed by atoms with Crippen molar-refractivity contribution in [2.24, 2.45) is 35.0 Å². The number of aliphatic hydroxyl groups excluding tert-OH is 1. The molecule has 2 saturated carbocycles. The highest BCUT2D eigenvalue weighted by atomic mass is 16.5. The number of para-hydroxylation sites is 1. The second-order valence-electron chi connectivity index (χ2n) is 16.2. The maximum atomic E-state index is 10.4. The molecular formula is C41H53NO3. The first-order valence-corrected chi connectivity index (χ1v) is 18.0. The number of hydrogen-bond donors (Lipinski definition) is 1. The minimum absolute atomic E-state index is 0.0411. The van der Waals surface area contributed by atoms with Crippen LogP contribution in [0.5, 0.6) is 11.5 Å². The van der Waals surface area contributed by atoms with Crippen molar-refractivity contribution in [2.45, 2.75) is 116 Å². The van der Waals surface area contributed by atoms with E-state index in [2.05, 4.69) is 62.9 Å². The van der Waals surface area contributed by atoms with Crippen molar-refractivity contribution in [3.8, 4) is 11.5 Å². The Morgan fingerprint density at radius 1 is 0.978 bits per heavy atom. The van der Waals surface area contributed by atoms with E-state index >= 15 is 0 Å². The van der Waals surface area contributed by atoms with Gasteiger partial charge in [0.25, 0.3) is 0 Å². The van der Waals surface area contributed by atoms with Crippen molar-refractivity contribution in [3.05, 3.63) is 83.0 Å². The predicted molar refractivity (Wildman–Crippen MR) is 180 cm³/mol. The highest BCUT2D eigenvalue weighted by molar-refractivity contribution is 5.35. The summed E-state index contributed by atoms with van der Waals surface area (Å²) in [5.41, 5.74) is 6.61. The highest BCUT2D eigenvalue weighted by Crippen LogP contribution is 2.64. The topological polar surface area (TPSA) is 41.9 Å². The number of fused-ring (bicyclic) bond motifs is 6. The number of hydrogen-bond acceptors (Lipinski definition) is 4. The lowest BCUT2D eigenvalue weighted by atomic mass is 9.56. The molecule has 0 amide bonds. The third-order valence-electron chi connectivity index (χ3n) is 13.6. The number of allylic oxidation sites excluding steroid dienone is 2. The summed E-state index contributed by atoms with van der Waals surface area (Å²) >= 11 is 0. The number of nitrogens with zero attached hydrogens (tertiary/aromatic N) is 1. The van der Waals surface area contributed by atoms with Gasteiger partial charge in [-0.15, -0.1) is 0 Å². The van der Waals surface area contributed by atoms with E-state index < -0.39 is 0 Å². The number of benzene rings is 2. The van der Waals surface area contributed by atoms with E-state index in [1.807, 2.05) is 30.3 Å². The van der Waals surface area contributed by atoms with Gasteiger partial charge in [0.05, 0.1) is 17.8 Å². The molecule has 2 aliphatic heterocycles. The minimum atomic E-state index is -0.225. The number of rotatable bonds is 4. The number of likely N-dealkylation sites (tertiary alicyclic amines) is 1. The Bertz CT molecular complexity index is 1460. The lowest BCUT2D eigenvalue weighted by molar-refractivity contribution is -0.0799. The minimum Gasteiger partial charge on any atom is -0.457 e. The van der Waals surface area contributed by atoms with E-state index in [0.29, 0.717) is 24.0 Å². The standard InChI is InChI=1S/C41H53NO3/c1-26-20-38-39(42(24-26)25-29-10-13-33(14-11-29)44-32-8-6-5-7-9-32)28(3)41(45-38)19-17-34-35-15-12-30-21-31(43)16-18-40(30,4)37(35)22-36(34)27(2)23-41/h5-11,13-14,21,26,28,31,34-35,37-39,43H,12,15-20,22-25H2,1-4H3. The fourth-order valence-electron chi connectivity index (χ4n) is 11.4. The van der Waals surface area contributed by atoms with Crippen LogP contribution in [-0.2, 0) is 11.3 Å². The fourth-order valence-corrected chi connectivity index (χ4v) is 11.4. The molecule has 240 valence electrons. The SMILES string of the molecule is CC1=C2CC3C(CCC4=CC(O)CCC43C)C2CCC2(C1)OC1CC(C)CN(Cc3ccc(Oc4ccccc4)cc3)C1C2C. The summed E-state index contributed by atoms with van der Waals surface area (Å²) < 4.78 is 13.4. The maximum absolute atomic E-state index is 10.4. The van der Waals surface area contributed by atoms with Crippen molar-refractivity contribution in [1.29, 1.82) is 0 Å². The Kier molecular flexibility index (Phi) is 7.58. The summed E-state index contributed by atoms with van der Waals surface area (Å²) in [4.78, 5) is 2.77. The number of aliphatic hydroxyl groups is 1. The van der Waals surface area contributed by atoms with E-state index in [-0.39, 0.29) is 17.1 Å². The van der Waals surface area contributed by atoms with Crippen molar-refractivity contribution in [1.82, 2.24) is 4.90 Å². The molecule has 4 nitrogen and oxygen atoms in total. The number of piperidine rings is 1. The second kappa shape index (κ2) is 11.4. The molecular weight excluding hydrogens is 554 g/mol. The van der Waals surface area contributed by atoms with Gasteiger partial charge >= 0.3 is 0 Å². The van der Waals surface area contributed by atoms with Gasteiger partial charge in [0.15, 0.2) is 0 Å². The molecule has 4 fully saturated rings. The quantitative estimate of drug-likeness (QED) is 0.352. The second-order valence-corrected chi connectivity index (χ2v) is 16.2. The molecule has 2 aromatic carbocycles. The largest absolute Gasteiger partial charge is 0.457 e. The van der Waals surface area contributed by atoms with Crippen LogP contribution in [0.25, 0.3) is 0 Å². The average molecular weight is 608 g/mol. The zero-order valence-corrected chi connectivity index (χ0v) is 27.9. The Morgan fingerprint density at radius 3 is 2.56 bits per heavy atom. The molecule has 10 unspecified atom stereocenters. The molecule has 2 heterocycles. The molecule has 1 N–H and O–H groups in total. The third kappa shape index (κ3) is 5.15. The van der Waals surface area contributed by atoms with Gasteiger partial charge in [-0.05, 0) is 124 Å². The van der Waals surface area contributed by atoms with Crippen molar-refractivity contribution >= 4 is 0 Å². The fraction of sp³-hybridized carbons (Fsp3) is 0.610. The monoisotopic (exact) mass is 607 g/mol. The lowest BCUT2D eigenvalue weighted by Gasteiger charge is -2.49. The Labute approximate surface area is 270 Å². The Morgan fingerprint density at radius 2 is 1.76 bits per heavy atom. The first-order valence-electron chi connectivity index (χ1n) is 18.0. The van der Waals surface area contributed by atoms with E-state index in [1.54, 1.807) is 16.7 Å². The molecule has 2 aromatic rings. The van der Waals surface area contributed by atoms with Gasteiger partial charge in [-0.1, -0.05) is 73.9 Å². The molecule has 1 spiro atoms. The summed E-state index contributed by atoms with van der Waals surface area (Å²) in [7, 11) is 0. The van der Waals surface area contributed by atoms with E-state index in [9.17, 15) is 5.11 Å². The molecule has 4 aliphatic carbocycles. The molecule has 4 heteroatoms. The molecule has 8 rings (SSSR count). The van der Waals surface area contributed by atoms with Crippen LogP contribution in [0, 0.1) is 35.0 Å². The molecule has 10 atom stereocenters. The number of ether oxygens (including phenoxy) is 2. The first kappa shape index (κ1) is 30.0. The van der Waals surface area contributed by atoms with E-state index in [0.717, 1.165) is 61.6 Å². The van der Waals surface area contributed by atoms with Crippen LogP contribution in [0.1, 0.15) is 91.0 Å². The van der Waals surface area contributed by atoms with Crippen LogP contribution in [0.4, 0.5) is 0 Å². The van der Waals surface area contributed by atoms with E-state index in [4.69, 9.17) is 9.47 Å². The summed E-state index contributed by atoms with van der Waals surface area (Å²) in [5.74, 6) is 5.19. The van der Waals surface area contributed by atoms with Crippen molar-refractivity contribution in [2.75, 3.05) is 6.54 Å². The van der Waals surface area contributed by atoms with Crippen LogP contribution in [-0.4, -0.2) is 40.4 Å². The zero-order chi connectivity index (χ0) is 30.9. The zero-order valence-electron chi connectivity index (χ0n) is 27.9. The highest BCUT2D eigenvalue weighted by Gasteiger charge is 2.59. The smallest absolute Gasteiger partial charge is 0.127 e. The summed E-state index contributed by atoms with van der Waals surface area (Å²) in [5, 5.41) is 10.4. The molecule has 6 aliphatic rings. The molecule has 2 saturated heterocycles. The van der Waals surface area contributed by atoms with Gasteiger partial charge in [-0.3, -0.25) is 4.90 Å². The van der Waals surface area contributed by atoms with Crippen LogP contribution >= 0.6 is 0 Å². The summed E-state index contributed by atoms with van der Waals surface area (Å²) in [6.07, 6.45) is 13.0. The van der Waals surface area contributed by atoms with E-state index in [1.165, 1.54) is 44.1 Å². The summed E-state index contributed by atoms with van der Waals surface area (Å²) in [6, 6.07) is 19.3. The first-order chi connectivity index (χ1) is 21.7. The van der Waals surface area contributed by atoms with Crippen molar-refractivity contribution < 1.29 is 14.6 Å². The molecule has 45 heavy (non-hydrogen) atoms. The average Bonchev–Trinajstić information content (AvgIpc) is 3.49.